The highest BCUT2D eigenvalue weighted by Crippen LogP contribution is 2.51. The molecule has 1 fully saturated rings. The lowest BCUT2D eigenvalue weighted by Gasteiger charge is -2.20. The van der Waals surface area contributed by atoms with Gasteiger partial charge in [-0.15, -0.1) is 0 Å². The predicted octanol–water partition coefficient (Wildman–Crippen LogP) is 2.51. The van der Waals surface area contributed by atoms with Gasteiger partial charge >= 0.3 is 0 Å². The van der Waals surface area contributed by atoms with E-state index < -0.39 is 0 Å². The van der Waals surface area contributed by atoms with Gasteiger partial charge in [-0.1, -0.05) is 20.8 Å². The van der Waals surface area contributed by atoms with Gasteiger partial charge in [0.25, 0.3) is 0 Å². The molecule has 0 radical (unpaired) electrons. The molecule has 3 nitrogen and oxygen atoms in total. The largest absolute Gasteiger partial charge is 0.312 e. The Morgan fingerprint density at radius 3 is 2.71 bits per heavy atom. The molecule has 1 N–H and O–H groups in total. The number of aromatic nitrogens is 2. The Kier molecular flexibility index (Phi) is 3.57. The van der Waals surface area contributed by atoms with Crippen molar-refractivity contribution < 1.29 is 0 Å². The molecular weight excluding hydrogens is 210 g/mol. The second kappa shape index (κ2) is 4.81. The van der Waals surface area contributed by atoms with Crippen molar-refractivity contribution in [2.24, 2.45) is 18.4 Å². The van der Waals surface area contributed by atoms with Gasteiger partial charge in [-0.3, -0.25) is 4.68 Å². The van der Waals surface area contributed by atoms with Crippen molar-refractivity contribution in [1.29, 1.82) is 0 Å². The van der Waals surface area contributed by atoms with Gasteiger partial charge in [0.2, 0.25) is 0 Å². The van der Waals surface area contributed by atoms with Crippen molar-refractivity contribution in [3.05, 3.63) is 17.5 Å². The van der Waals surface area contributed by atoms with Crippen LogP contribution in [0.4, 0.5) is 0 Å². The molecule has 0 spiro atoms. The van der Waals surface area contributed by atoms with E-state index in [-0.39, 0.29) is 0 Å². The van der Waals surface area contributed by atoms with Crippen LogP contribution < -0.4 is 5.32 Å². The maximum absolute atomic E-state index is 4.47. The highest BCUT2D eigenvalue weighted by molar-refractivity contribution is 5.16. The van der Waals surface area contributed by atoms with E-state index in [0.717, 1.165) is 25.4 Å². The monoisotopic (exact) mass is 235 g/mol. The highest BCUT2D eigenvalue weighted by Gasteiger charge is 2.44. The first kappa shape index (κ1) is 12.6. The molecule has 0 amide bonds. The molecule has 96 valence electrons. The van der Waals surface area contributed by atoms with Crippen molar-refractivity contribution in [2.75, 3.05) is 6.54 Å². The van der Waals surface area contributed by atoms with Gasteiger partial charge in [-0.2, -0.15) is 5.10 Å². The number of rotatable bonds is 6. The molecule has 0 saturated heterocycles. The van der Waals surface area contributed by atoms with Crippen LogP contribution in [0.5, 0.6) is 0 Å². The molecule has 1 aliphatic rings. The molecule has 2 rings (SSSR count). The molecule has 1 aromatic heterocycles. The van der Waals surface area contributed by atoms with E-state index in [4.69, 9.17) is 0 Å². The fourth-order valence-corrected chi connectivity index (χ4v) is 2.59. The van der Waals surface area contributed by atoms with E-state index in [1.54, 1.807) is 0 Å². The topological polar surface area (TPSA) is 29.9 Å². The molecule has 0 unspecified atom stereocenters. The summed E-state index contributed by atoms with van der Waals surface area (Å²) in [6.45, 7) is 8.98. The fraction of sp³-hybridized carbons (Fsp3) is 0.786. The van der Waals surface area contributed by atoms with Crippen LogP contribution in [-0.2, 0) is 20.0 Å². The Morgan fingerprint density at radius 2 is 2.18 bits per heavy atom. The van der Waals surface area contributed by atoms with Crippen molar-refractivity contribution in [2.45, 2.75) is 46.6 Å². The summed E-state index contributed by atoms with van der Waals surface area (Å²) in [7, 11) is 2.00. The van der Waals surface area contributed by atoms with Gasteiger partial charge in [0, 0.05) is 31.9 Å². The third-order valence-electron chi connectivity index (χ3n) is 4.24. The Labute approximate surface area is 105 Å². The number of hydrogen-bond donors (Lipinski definition) is 1. The number of nitrogens with zero attached hydrogens (tertiary/aromatic N) is 2. The van der Waals surface area contributed by atoms with Crippen LogP contribution in [0.3, 0.4) is 0 Å². The highest BCUT2D eigenvalue weighted by atomic mass is 15.3. The summed E-state index contributed by atoms with van der Waals surface area (Å²) in [5, 5.41) is 8.09. The standard InChI is InChI=1S/C14H25N3/c1-5-13-12(9-17(4)16-13)8-15-10-14(6-7-14)11(2)3/h9,11,15H,5-8,10H2,1-4H3. The molecule has 1 aromatic rings. The summed E-state index contributed by atoms with van der Waals surface area (Å²) in [6, 6.07) is 0. The van der Waals surface area contributed by atoms with Gasteiger partial charge in [-0.25, -0.2) is 0 Å². The van der Waals surface area contributed by atoms with Crippen LogP contribution in [0, 0.1) is 11.3 Å². The molecule has 0 aromatic carbocycles. The quantitative estimate of drug-likeness (QED) is 0.821. The first-order valence-electron chi connectivity index (χ1n) is 6.79. The van der Waals surface area contributed by atoms with Crippen molar-refractivity contribution >= 4 is 0 Å². The van der Waals surface area contributed by atoms with Crippen LogP contribution in [0.15, 0.2) is 6.20 Å². The van der Waals surface area contributed by atoms with Gasteiger partial charge in [0.05, 0.1) is 5.69 Å². The zero-order chi connectivity index (χ0) is 12.5. The second-order valence-electron chi connectivity index (χ2n) is 5.75. The van der Waals surface area contributed by atoms with Crippen LogP contribution in [0.2, 0.25) is 0 Å². The van der Waals surface area contributed by atoms with Crippen molar-refractivity contribution in [3.63, 3.8) is 0 Å². The molecule has 1 aliphatic carbocycles. The first-order chi connectivity index (χ1) is 8.07. The Balaban J connectivity index is 1.86. The lowest BCUT2D eigenvalue weighted by atomic mass is 9.92. The molecule has 0 atom stereocenters. The first-order valence-corrected chi connectivity index (χ1v) is 6.79. The zero-order valence-corrected chi connectivity index (χ0v) is 11.6. The van der Waals surface area contributed by atoms with E-state index in [9.17, 15) is 0 Å². The predicted molar refractivity (Wildman–Crippen MR) is 70.8 cm³/mol. The normalized spacial score (nSPS) is 17.7. The van der Waals surface area contributed by atoms with E-state index in [2.05, 4.69) is 37.4 Å². The average molecular weight is 235 g/mol. The van der Waals surface area contributed by atoms with Gasteiger partial charge in [0.15, 0.2) is 0 Å². The SMILES string of the molecule is CCc1nn(C)cc1CNCC1(C(C)C)CC1. The molecule has 17 heavy (non-hydrogen) atoms. The van der Waals surface area contributed by atoms with Crippen LogP contribution in [0.25, 0.3) is 0 Å². The van der Waals surface area contributed by atoms with Gasteiger partial charge in [0.1, 0.15) is 0 Å². The van der Waals surface area contributed by atoms with Crippen molar-refractivity contribution in [1.82, 2.24) is 15.1 Å². The van der Waals surface area contributed by atoms with E-state index in [1.165, 1.54) is 24.1 Å². The Hall–Kier alpha value is -0.830. The lowest BCUT2D eigenvalue weighted by Crippen LogP contribution is -2.27. The number of nitrogens with one attached hydrogen (secondary N) is 1. The smallest absolute Gasteiger partial charge is 0.0666 e. The maximum atomic E-state index is 4.47. The molecule has 3 heteroatoms. The van der Waals surface area contributed by atoms with E-state index in [0.29, 0.717) is 5.41 Å². The maximum Gasteiger partial charge on any atom is 0.0666 e. The van der Waals surface area contributed by atoms with Gasteiger partial charge in [-0.05, 0) is 30.6 Å². The molecule has 1 saturated carbocycles. The number of hydrogen-bond acceptors (Lipinski definition) is 2. The summed E-state index contributed by atoms with van der Waals surface area (Å²) in [5.74, 6) is 0.801. The molecule has 1 heterocycles. The number of aryl methyl sites for hydroxylation is 2. The van der Waals surface area contributed by atoms with Crippen LogP contribution in [0.1, 0.15) is 44.9 Å². The minimum Gasteiger partial charge on any atom is -0.312 e. The van der Waals surface area contributed by atoms with Gasteiger partial charge < -0.3 is 5.32 Å². The van der Waals surface area contributed by atoms with Crippen molar-refractivity contribution in [3.8, 4) is 0 Å². The second-order valence-corrected chi connectivity index (χ2v) is 5.75. The summed E-state index contributed by atoms with van der Waals surface area (Å²) in [6.07, 6.45) is 5.95. The fourth-order valence-electron chi connectivity index (χ4n) is 2.59. The average Bonchev–Trinajstić information content (AvgIpc) is 2.98. The Morgan fingerprint density at radius 1 is 1.47 bits per heavy atom. The molecule has 0 bridgehead atoms. The van der Waals surface area contributed by atoms with Crippen LogP contribution >= 0.6 is 0 Å². The zero-order valence-electron chi connectivity index (χ0n) is 11.6. The summed E-state index contributed by atoms with van der Waals surface area (Å²) in [4.78, 5) is 0. The minimum atomic E-state index is 0.592. The summed E-state index contributed by atoms with van der Waals surface area (Å²) >= 11 is 0. The Bertz CT molecular complexity index is 375. The third-order valence-corrected chi connectivity index (χ3v) is 4.24. The minimum absolute atomic E-state index is 0.592. The van der Waals surface area contributed by atoms with Crippen LogP contribution in [-0.4, -0.2) is 16.3 Å². The summed E-state index contributed by atoms with van der Waals surface area (Å²) < 4.78 is 1.92. The lowest BCUT2D eigenvalue weighted by molar-refractivity contribution is 0.337. The van der Waals surface area contributed by atoms with E-state index >= 15 is 0 Å². The van der Waals surface area contributed by atoms with E-state index in [1.807, 2.05) is 11.7 Å². The molecular formula is C14H25N3. The summed E-state index contributed by atoms with van der Waals surface area (Å²) in [5.41, 5.74) is 3.18. The third kappa shape index (κ3) is 2.71. The molecule has 0 aliphatic heterocycles.